The Morgan fingerprint density at radius 3 is 2.79 bits per heavy atom. The van der Waals surface area contributed by atoms with E-state index in [4.69, 9.17) is 16.3 Å². The molecule has 1 aromatic heterocycles. The van der Waals surface area contributed by atoms with E-state index in [2.05, 4.69) is 20.8 Å². The van der Waals surface area contributed by atoms with Crippen molar-refractivity contribution in [2.45, 2.75) is 57.6 Å². The minimum Gasteiger partial charge on any atom is -0.444 e. The van der Waals surface area contributed by atoms with E-state index in [0.717, 1.165) is 32.1 Å². The second-order valence-corrected chi connectivity index (χ2v) is 8.02. The van der Waals surface area contributed by atoms with Crippen LogP contribution in [0.5, 0.6) is 0 Å². The lowest BCUT2D eigenvalue weighted by Gasteiger charge is -2.28. The summed E-state index contributed by atoms with van der Waals surface area (Å²) in [7, 11) is 0. The molecular formula is C19H28ClN5O4. The molecule has 1 saturated carbocycles. The first kappa shape index (κ1) is 21.4. The lowest BCUT2D eigenvalue weighted by atomic mass is 9.85. The number of halogens is 1. The Bertz CT molecular complexity index is 778. The maximum Gasteiger partial charge on any atom is 0.407 e. The number of alkyl carbamates (subject to hydrolysis) is 1. The highest BCUT2D eigenvalue weighted by Gasteiger charge is 2.30. The van der Waals surface area contributed by atoms with Crippen molar-refractivity contribution in [3.63, 3.8) is 0 Å². The van der Waals surface area contributed by atoms with Crippen molar-refractivity contribution < 1.29 is 14.3 Å². The number of aromatic amines is 1. The monoisotopic (exact) mass is 425 g/mol. The molecule has 3 N–H and O–H groups in total. The first-order valence-corrected chi connectivity index (χ1v) is 10.6. The highest BCUT2D eigenvalue weighted by atomic mass is 35.5. The molecule has 0 unspecified atom stereocenters. The fourth-order valence-electron chi connectivity index (χ4n) is 3.88. The van der Waals surface area contributed by atoms with Crippen molar-refractivity contribution in [3.05, 3.63) is 21.6 Å². The molecule has 10 heteroatoms. The lowest BCUT2D eigenvalue weighted by molar-refractivity contribution is -0.126. The van der Waals surface area contributed by atoms with E-state index >= 15 is 0 Å². The number of carbonyl (C=O) groups is 2. The summed E-state index contributed by atoms with van der Waals surface area (Å²) in [6.45, 7) is 3.82. The van der Waals surface area contributed by atoms with Gasteiger partial charge in [-0.15, -0.1) is 0 Å². The molecule has 1 aromatic rings. The van der Waals surface area contributed by atoms with E-state index in [1.165, 1.54) is 6.20 Å². The zero-order valence-electron chi connectivity index (χ0n) is 16.6. The third-order valence-electron chi connectivity index (χ3n) is 5.51. The molecule has 2 amide bonds. The predicted molar refractivity (Wildman–Crippen MR) is 109 cm³/mol. The van der Waals surface area contributed by atoms with E-state index in [1.54, 1.807) is 0 Å². The number of hydrogen-bond acceptors (Lipinski definition) is 6. The van der Waals surface area contributed by atoms with Crippen LogP contribution in [-0.4, -0.2) is 54.0 Å². The standard InChI is InChI=1S/C19H28ClN5O4/c1-2-8-21-17(26)12-3-5-13(6-4-12)23-19(28)29-14-7-9-25(11-14)15-10-22-24-18(27)16(15)20/h10,12-14H,2-9,11H2,1H3,(H,21,26)(H,23,28)(H,24,27)/t12-,13+,14-/m1/s1. The van der Waals surface area contributed by atoms with Crippen LogP contribution >= 0.6 is 11.6 Å². The number of aromatic nitrogens is 2. The van der Waals surface area contributed by atoms with E-state index in [9.17, 15) is 14.4 Å². The SMILES string of the molecule is CCCNC(=O)[C@H]1CC[C@@H](NC(=O)O[C@@H]2CCN(c3cn[nH]c(=O)c3Cl)C2)CC1. The molecule has 2 aliphatic rings. The molecule has 3 rings (SSSR count). The zero-order valence-corrected chi connectivity index (χ0v) is 17.3. The molecule has 0 spiro atoms. The number of amides is 2. The highest BCUT2D eigenvalue weighted by Crippen LogP contribution is 2.27. The molecule has 0 aromatic carbocycles. The van der Waals surface area contributed by atoms with E-state index < -0.39 is 11.7 Å². The Hall–Kier alpha value is -2.29. The number of rotatable bonds is 6. The number of H-pyrrole nitrogens is 1. The highest BCUT2D eigenvalue weighted by molar-refractivity contribution is 6.33. The quantitative estimate of drug-likeness (QED) is 0.640. The molecule has 160 valence electrons. The first-order chi connectivity index (χ1) is 14.0. The average Bonchev–Trinajstić information content (AvgIpc) is 3.16. The second kappa shape index (κ2) is 9.96. The summed E-state index contributed by atoms with van der Waals surface area (Å²) in [5, 5.41) is 12.0. The van der Waals surface area contributed by atoms with E-state index in [-0.39, 0.29) is 29.0 Å². The van der Waals surface area contributed by atoms with Gasteiger partial charge < -0.3 is 20.3 Å². The molecule has 1 saturated heterocycles. The van der Waals surface area contributed by atoms with Crippen molar-refractivity contribution in [3.8, 4) is 0 Å². The van der Waals surface area contributed by atoms with Crippen LogP contribution < -0.4 is 21.1 Å². The Balaban J connectivity index is 1.41. The van der Waals surface area contributed by atoms with Gasteiger partial charge in [0.1, 0.15) is 11.1 Å². The molecule has 0 bridgehead atoms. The van der Waals surface area contributed by atoms with Crippen molar-refractivity contribution in [2.24, 2.45) is 5.92 Å². The maximum atomic E-state index is 12.3. The molecule has 1 aliphatic heterocycles. The topological polar surface area (TPSA) is 116 Å². The fourth-order valence-corrected chi connectivity index (χ4v) is 4.09. The fraction of sp³-hybridized carbons (Fsp3) is 0.684. The van der Waals surface area contributed by atoms with E-state index in [0.29, 0.717) is 31.7 Å². The number of anilines is 1. The zero-order chi connectivity index (χ0) is 20.8. The molecule has 1 aliphatic carbocycles. The lowest BCUT2D eigenvalue weighted by Crippen LogP contribution is -2.42. The van der Waals surface area contributed by atoms with Crippen LogP contribution in [0.1, 0.15) is 45.4 Å². The van der Waals surface area contributed by atoms with Gasteiger partial charge in [-0.2, -0.15) is 5.10 Å². The Labute approximate surface area is 174 Å². The number of nitrogens with one attached hydrogen (secondary N) is 3. The van der Waals surface area contributed by atoms with Crippen LogP contribution in [0.3, 0.4) is 0 Å². The van der Waals surface area contributed by atoms with Gasteiger partial charge in [-0.25, -0.2) is 9.89 Å². The van der Waals surface area contributed by atoms with Crippen LogP contribution in [0, 0.1) is 5.92 Å². The number of hydrogen-bond donors (Lipinski definition) is 3. The van der Waals surface area contributed by atoms with Gasteiger partial charge in [-0.05, 0) is 32.1 Å². The second-order valence-electron chi connectivity index (χ2n) is 7.64. The molecule has 2 fully saturated rings. The van der Waals surface area contributed by atoms with Crippen LogP contribution in [0.2, 0.25) is 5.02 Å². The first-order valence-electron chi connectivity index (χ1n) is 10.2. The van der Waals surface area contributed by atoms with Crippen LogP contribution in [0.25, 0.3) is 0 Å². The number of nitrogens with zero attached hydrogens (tertiary/aromatic N) is 2. The summed E-state index contributed by atoms with van der Waals surface area (Å²) in [5.74, 6) is 0.151. The molecule has 2 heterocycles. The predicted octanol–water partition coefficient (Wildman–Crippen LogP) is 1.81. The Kier molecular flexibility index (Phi) is 7.35. The van der Waals surface area contributed by atoms with Gasteiger partial charge in [0.25, 0.3) is 5.56 Å². The maximum absolute atomic E-state index is 12.3. The summed E-state index contributed by atoms with van der Waals surface area (Å²) in [4.78, 5) is 37.8. The largest absolute Gasteiger partial charge is 0.444 e. The number of carbonyl (C=O) groups excluding carboxylic acids is 2. The van der Waals surface area contributed by atoms with Gasteiger partial charge in [0.05, 0.1) is 18.4 Å². The summed E-state index contributed by atoms with van der Waals surface area (Å²) < 4.78 is 5.54. The van der Waals surface area contributed by atoms with Gasteiger partial charge >= 0.3 is 6.09 Å². The normalized spacial score (nSPS) is 24.2. The van der Waals surface area contributed by atoms with Crippen molar-refractivity contribution in [2.75, 3.05) is 24.5 Å². The van der Waals surface area contributed by atoms with Gasteiger partial charge in [0, 0.05) is 31.5 Å². The Morgan fingerprint density at radius 2 is 2.07 bits per heavy atom. The Morgan fingerprint density at radius 1 is 1.31 bits per heavy atom. The third kappa shape index (κ3) is 5.62. The van der Waals surface area contributed by atoms with Crippen molar-refractivity contribution >= 4 is 29.3 Å². The molecule has 29 heavy (non-hydrogen) atoms. The molecule has 0 radical (unpaired) electrons. The van der Waals surface area contributed by atoms with Crippen molar-refractivity contribution in [1.82, 2.24) is 20.8 Å². The summed E-state index contributed by atoms with van der Waals surface area (Å²) in [6.07, 6.45) is 5.44. The molecular weight excluding hydrogens is 398 g/mol. The van der Waals surface area contributed by atoms with Crippen molar-refractivity contribution in [1.29, 1.82) is 0 Å². The van der Waals surface area contributed by atoms with Crippen LogP contribution in [0.15, 0.2) is 11.0 Å². The van der Waals surface area contributed by atoms with Gasteiger partial charge in [-0.3, -0.25) is 9.59 Å². The molecule has 1 atom stereocenters. The summed E-state index contributed by atoms with van der Waals surface area (Å²) in [6, 6.07) is 0.0292. The summed E-state index contributed by atoms with van der Waals surface area (Å²) in [5.41, 5.74) is 0.104. The molecule has 9 nitrogen and oxygen atoms in total. The van der Waals surface area contributed by atoms with Gasteiger partial charge in [0.2, 0.25) is 5.91 Å². The number of ether oxygens (including phenoxy) is 1. The van der Waals surface area contributed by atoms with Crippen LogP contribution in [-0.2, 0) is 9.53 Å². The minimum absolute atomic E-state index is 0.0292. The van der Waals surface area contributed by atoms with E-state index in [1.807, 2.05) is 11.8 Å². The van der Waals surface area contributed by atoms with Crippen LogP contribution in [0.4, 0.5) is 10.5 Å². The van der Waals surface area contributed by atoms with Gasteiger partial charge in [0.15, 0.2) is 0 Å². The third-order valence-corrected chi connectivity index (χ3v) is 5.87. The van der Waals surface area contributed by atoms with Gasteiger partial charge in [-0.1, -0.05) is 18.5 Å². The minimum atomic E-state index is -0.440. The average molecular weight is 426 g/mol. The smallest absolute Gasteiger partial charge is 0.407 e. The summed E-state index contributed by atoms with van der Waals surface area (Å²) >= 11 is 6.04.